The van der Waals surface area contributed by atoms with Crippen LogP contribution in [-0.2, 0) is 6.18 Å². The number of hydrogen-bond acceptors (Lipinski definition) is 0. The van der Waals surface area contributed by atoms with Gasteiger partial charge in [0.05, 0.1) is 5.56 Å². The SMILES string of the molecule is FC(F)(F)c1ccc(-c2c[nH]c(-c3ccc(Br)cc3)c2)cc1. The third-order valence-corrected chi connectivity index (χ3v) is 3.91. The van der Waals surface area contributed by atoms with Crippen molar-refractivity contribution < 1.29 is 13.2 Å². The number of benzene rings is 2. The summed E-state index contributed by atoms with van der Waals surface area (Å²) in [5.41, 5.74) is 2.89. The zero-order chi connectivity index (χ0) is 15.7. The van der Waals surface area contributed by atoms with E-state index in [0.717, 1.165) is 39.0 Å². The Morgan fingerprint density at radius 1 is 0.773 bits per heavy atom. The molecule has 0 saturated heterocycles. The lowest BCUT2D eigenvalue weighted by atomic mass is 10.1. The Morgan fingerprint density at radius 2 is 1.36 bits per heavy atom. The summed E-state index contributed by atoms with van der Waals surface area (Å²) in [6.45, 7) is 0. The van der Waals surface area contributed by atoms with Crippen molar-refractivity contribution in [1.29, 1.82) is 0 Å². The number of aromatic nitrogens is 1. The molecular formula is C17H11BrF3N. The van der Waals surface area contributed by atoms with Crippen molar-refractivity contribution >= 4 is 15.9 Å². The molecule has 1 heterocycles. The van der Waals surface area contributed by atoms with Crippen molar-refractivity contribution in [3.05, 3.63) is 70.8 Å². The highest BCUT2D eigenvalue weighted by Crippen LogP contribution is 2.32. The highest BCUT2D eigenvalue weighted by atomic mass is 79.9. The Morgan fingerprint density at radius 3 is 1.95 bits per heavy atom. The van der Waals surface area contributed by atoms with E-state index >= 15 is 0 Å². The highest BCUT2D eigenvalue weighted by Gasteiger charge is 2.29. The van der Waals surface area contributed by atoms with Crippen molar-refractivity contribution in [2.45, 2.75) is 6.18 Å². The van der Waals surface area contributed by atoms with Gasteiger partial charge in [-0.2, -0.15) is 13.2 Å². The molecule has 22 heavy (non-hydrogen) atoms. The van der Waals surface area contributed by atoms with Crippen LogP contribution in [0.4, 0.5) is 13.2 Å². The van der Waals surface area contributed by atoms with Gasteiger partial charge in [0.25, 0.3) is 0 Å². The predicted octanol–water partition coefficient (Wildman–Crippen LogP) is 6.13. The van der Waals surface area contributed by atoms with E-state index in [1.165, 1.54) is 12.1 Å². The molecule has 112 valence electrons. The zero-order valence-corrected chi connectivity index (χ0v) is 12.9. The van der Waals surface area contributed by atoms with Crippen LogP contribution in [0.3, 0.4) is 0 Å². The third kappa shape index (κ3) is 3.09. The molecule has 1 nitrogen and oxygen atoms in total. The first-order chi connectivity index (χ1) is 10.4. The van der Waals surface area contributed by atoms with Crippen LogP contribution >= 0.6 is 15.9 Å². The second kappa shape index (κ2) is 5.65. The molecule has 0 unspecified atom stereocenters. The summed E-state index contributed by atoms with van der Waals surface area (Å²) in [5.74, 6) is 0. The number of alkyl halides is 3. The second-order valence-corrected chi connectivity index (χ2v) is 5.80. The van der Waals surface area contributed by atoms with Gasteiger partial charge in [0.1, 0.15) is 0 Å². The molecule has 0 aliphatic rings. The second-order valence-electron chi connectivity index (χ2n) is 4.88. The van der Waals surface area contributed by atoms with E-state index in [0.29, 0.717) is 0 Å². The van der Waals surface area contributed by atoms with Gasteiger partial charge < -0.3 is 4.98 Å². The maximum absolute atomic E-state index is 12.6. The molecule has 0 saturated carbocycles. The van der Waals surface area contributed by atoms with Crippen molar-refractivity contribution in [1.82, 2.24) is 4.98 Å². The Bertz CT molecular complexity index is 771. The fourth-order valence-corrected chi connectivity index (χ4v) is 2.47. The van der Waals surface area contributed by atoms with Gasteiger partial charge >= 0.3 is 6.18 Å². The van der Waals surface area contributed by atoms with Crippen molar-refractivity contribution in [3.63, 3.8) is 0 Å². The molecule has 0 aliphatic carbocycles. The minimum atomic E-state index is -4.31. The molecule has 1 N–H and O–H groups in total. The van der Waals surface area contributed by atoms with Gasteiger partial charge in [-0.05, 0) is 47.0 Å². The van der Waals surface area contributed by atoms with E-state index in [2.05, 4.69) is 20.9 Å². The Balaban J connectivity index is 1.89. The van der Waals surface area contributed by atoms with Gasteiger partial charge in [0, 0.05) is 16.4 Å². The van der Waals surface area contributed by atoms with Gasteiger partial charge in [-0.3, -0.25) is 0 Å². The molecule has 0 bridgehead atoms. The fraction of sp³-hybridized carbons (Fsp3) is 0.0588. The van der Waals surface area contributed by atoms with Crippen molar-refractivity contribution in [2.75, 3.05) is 0 Å². The van der Waals surface area contributed by atoms with Crippen LogP contribution in [0.2, 0.25) is 0 Å². The first kappa shape index (κ1) is 14.9. The summed E-state index contributed by atoms with van der Waals surface area (Å²) in [4.78, 5) is 3.15. The molecule has 0 spiro atoms. The van der Waals surface area contributed by atoms with Crippen molar-refractivity contribution in [2.24, 2.45) is 0 Å². The molecule has 0 aliphatic heterocycles. The molecular weight excluding hydrogens is 355 g/mol. The lowest BCUT2D eigenvalue weighted by Gasteiger charge is -2.06. The molecule has 3 aromatic rings. The van der Waals surface area contributed by atoms with E-state index in [-0.39, 0.29) is 0 Å². The van der Waals surface area contributed by atoms with E-state index in [1.54, 1.807) is 6.20 Å². The predicted molar refractivity (Wildman–Crippen MR) is 84.4 cm³/mol. The van der Waals surface area contributed by atoms with Crippen LogP contribution in [-0.4, -0.2) is 4.98 Å². The molecule has 0 amide bonds. The number of hydrogen-bond donors (Lipinski definition) is 1. The molecule has 2 aromatic carbocycles. The van der Waals surface area contributed by atoms with E-state index in [9.17, 15) is 13.2 Å². The zero-order valence-electron chi connectivity index (χ0n) is 11.3. The highest BCUT2D eigenvalue weighted by molar-refractivity contribution is 9.10. The molecule has 0 atom stereocenters. The fourth-order valence-electron chi connectivity index (χ4n) is 2.21. The molecule has 5 heteroatoms. The summed E-state index contributed by atoms with van der Waals surface area (Å²) in [7, 11) is 0. The minimum absolute atomic E-state index is 0.639. The summed E-state index contributed by atoms with van der Waals surface area (Å²) >= 11 is 3.38. The standard InChI is InChI=1S/C17H11BrF3N/c18-15-7-3-12(4-8-15)16-9-13(10-22-16)11-1-5-14(6-2-11)17(19,20)21/h1-10,22H. The average Bonchev–Trinajstić information content (AvgIpc) is 2.97. The normalized spacial score (nSPS) is 11.6. The maximum Gasteiger partial charge on any atom is 0.416 e. The Labute approximate surface area is 133 Å². The quantitative estimate of drug-likeness (QED) is 0.562. The molecule has 3 rings (SSSR count). The van der Waals surface area contributed by atoms with Gasteiger partial charge in [-0.25, -0.2) is 0 Å². The van der Waals surface area contributed by atoms with E-state index in [4.69, 9.17) is 0 Å². The first-order valence-electron chi connectivity index (χ1n) is 6.55. The minimum Gasteiger partial charge on any atom is -0.361 e. The van der Waals surface area contributed by atoms with Crippen LogP contribution in [0.25, 0.3) is 22.4 Å². The van der Waals surface area contributed by atoms with Crippen LogP contribution in [0.5, 0.6) is 0 Å². The third-order valence-electron chi connectivity index (χ3n) is 3.38. The van der Waals surface area contributed by atoms with Gasteiger partial charge in [-0.1, -0.05) is 40.2 Å². The van der Waals surface area contributed by atoms with Gasteiger partial charge in [-0.15, -0.1) is 0 Å². The largest absolute Gasteiger partial charge is 0.416 e. The smallest absolute Gasteiger partial charge is 0.361 e. The summed E-state index contributed by atoms with van der Waals surface area (Å²) < 4.78 is 38.7. The number of halogens is 4. The Hall–Kier alpha value is -2.01. The first-order valence-corrected chi connectivity index (χ1v) is 7.35. The molecule has 0 fully saturated rings. The van der Waals surface area contributed by atoms with Crippen LogP contribution in [0.15, 0.2) is 65.3 Å². The van der Waals surface area contributed by atoms with Crippen LogP contribution in [0.1, 0.15) is 5.56 Å². The number of aromatic amines is 1. The summed E-state index contributed by atoms with van der Waals surface area (Å²) in [5, 5.41) is 0. The summed E-state index contributed by atoms with van der Waals surface area (Å²) in [6.07, 6.45) is -2.51. The van der Waals surface area contributed by atoms with Crippen LogP contribution < -0.4 is 0 Å². The van der Waals surface area contributed by atoms with E-state index in [1.807, 2.05) is 30.3 Å². The van der Waals surface area contributed by atoms with Crippen molar-refractivity contribution in [3.8, 4) is 22.4 Å². The number of H-pyrrole nitrogens is 1. The molecule has 1 aromatic heterocycles. The Kier molecular flexibility index (Phi) is 3.83. The monoisotopic (exact) mass is 365 g/mol. The van der Waals surface area contributed by atoms with E-state index < -0.39 is 11.7 Å². The van der Waals surface area contributed by atoms with Gasteiger partial charge in [0.15, 0.2) is 0 Å². The topological polar surface area (TPSA) is 15.8 Å². The average molecular weight is 366 g/mol. The summed E-state index contributed by atoms with van der Waals surface area (Å²) in [6, 6.07) is 14.9. The lowest BCUT2D eigenvalue weighted by Crippen LogP contribution is -2.03. The number of nitrogens with one attached hydrogen (secondary N) is 1. The van der Waals surface area contributed by atoms with Crippen LogP contribution in [0, 0.1) is 0 Å². The number of rotatable bonds is 2. The molecule has 0 radical (unpaired) electrons. The lowest BCUT2D eigenvalue weighted by molar-refractivity contribution is -0.137. The van der Waals surface area contributed by atoms with Gasteiger partial charge in [0.2, 0.25) is 0 Å². The maximum atomic E-state index is 12.6.